The van der Waals surface area contributed by atoms with Gasteiger partial charge in [0.05, 0.1) is 11.6 Å². The maximum Gasteiger partial charge on any atom is 0.128 e. The first-order valence-corrected chi connectivity index (χ1v) is 6.76. The summed E-state index contributed by atoms with van der Waals surface area (Å²) < 4.78 is 14.1. The molecule has 3 aromatic rings. The molecule has 0 radical (unpaired) electrons. The number of fused-ring (bicyclic) bond motifs is 1. The van der Waals surface area contributed by atoms with Crippen molar-refractivity contribution < 1.29 is 4.39 Å². The molecule has 3 N–H and O–H groups in total. The van der Waals surface area contributed by atoms with Gasteiger partial charge in [0.1, 0.15) is 5.82 Å². The summed E-state index contributed by atoms with van der Waals surface area (Å²) in [5.41, 5.74) is 5.93. The molecular formula is C17H16FN3. The zero-order chi connectivity index (χ0) is 14.8. The van der Waals surface area contributed by atoms with Crippen molar-refractivity contribution in [3.8, 4) is 0 Å². The third-order valence-corrected chi connectivity index (χ3v) is 3.57. The number of nitrogens with two attached hydrogens (primary N) is 1. The lowest BCUT2D eigenvalue weighted by molar-refractivity contribution is 0.559. The van der Waals surface area contributed by atoms with Gasteiger partial charge in [-0.25, -0.2) is 9.82 Å². The molecule has 1 atom stereocenters. The summed E-state index contributed by atoms with van der Waals surface area (Å²) in [5.74, 6) is 5.37. The highest BCUT2D eigenvalue weighted by atomic mass is 19.1. The highest BCUT2D eigenvalue weighted by Gasteiger charge is 2.17. The number of para-hydroxylation sites is 1. The Bertz CT molecular complexity index is 786. The number of hydrogen-bond donors (Lipinski definition) is 2. The van der Waals surface area contributed by atoms with E-state index in [0.29, 0.717) is 5.56 Å². The minimum Gasteiger partial charge on any atom is -0.271 e. The molecule has 2 aromatic carbocycles. The third-order valence-electron chi connectivity index (χ3n) is 3.57. The molecule has 1 heterocycles. The Labute approximate surface area is 122 Å². The summed E-state index contributed by atoms with van der Waals surface area (Å²) in [7, 11) is 0. The summed E-state index contributed by atoms with van der Waals surface area (Å²) in [6.07, 6.45) is 1.73. The normalized spacial score (nSPS) is 12.5. The topological polar surface area (TPSA) is 50.9 Å². The van der Waals surface area contributed by atoms with Crippen molar-refractivity contribution in [3.63, 3.8) is 0 Å². The van der Waals surface area contributed by atoms with Crippen LogP contribution in [0.3, 0.4) is 0 Å². The van der Waals surface area contributed by atoms with Crippen molar-refractivity contribution in [2.45, 2.75) is 13.0 Å². The van der Waals surface area contributed by atoms with Crippen LogP contribution in [-0.2, 0) is 0 Å². The number of aryl methyl sites for hydroxylation is 1. The molecular weight excluding hydrogens is 265 g/mol. The Balaban J connectivity index is 2.11. The molecule has 106 valence electrons. The van der Waals surface area contributed by atoms with E-state index in [1.807, 2.05) is 37.3 Å². The van der Waals surface area contributed by atoms with E-state index in [9.17, 15) is 4.39 Å². The van der Waals surface area contributed by atoms with Crippen LogP contribution in [-0.4, -0.2) is 4.98 Å². The molecule has 0 saturated heterocycles. The van der Waals surface area contributed by atoms with Crippen LogP contribution in [0, 0.1) is 12.7 Å². The molecule has 0 fully saturated rings. The second-order valence-electron chi connectivity index (χ2n) is 5.09. The van der Waals surface area contributed by atoms with Gasteiger partial charge in [0.15, 0.2) is 0 Å². The largest absolute Gasteiger partial charge is 0.271 e. The van der Waals surface area contributed by atoms with Gasteiger partial charge in [0.25, 0.3) is 0 Å². The summed E-state index contributed by atoms with van der Waals surface area (Å²) in [4.78, 5) is 4.41. The number of nitrogens with zero attached hydrogens (tertiary/aromatic N) is 1. The highest BCUT2D eigenvalue weighted by Crippen LogP contribution is 2.26. The van der Waals surface area contributed by atoms with Gasteiger partial charge in [0.2, 0.25) is 0 Å². The monoisotopic (exact) mass is 281 g/mol. The van der Waals surface area contributed by atoms with Crippen LogP contribution in [0.25, 0.3) is 10.9 Å². The summed E-state index contributed by atoms with van der Waals surface area (Å²) >= 11 is 0. The van der Waals surface area contributed by atoms with Crippen LogP contribution < -0.4 is 11.3 Å². The summed E-state index contributed by atoms with van der Waals surface area (Å²) in [6.45, 7) is 1.93. The number of rotatable bonds is 3. The molecule has 1 unspecified atom stereocenters. The van der Waals surface area contributed by atoms with Crippen LogP contribution >= 0.6 is 0 Å². The van der Waals surface area contributed by atoms with Gasteiger partial charge in [-0.3, -0.25) is 10.8 Å². The van der Waals surface area contributed by atoms with Crippen LogP contribution in [0.15, 0.2) is 54.7 Å². The molecule has 0 saturated carbocycles. The first-order chi connectivity index (χ1) is 10.2. The fraction of sp³-hybridized carbons (Fsp3) is 0.118. The SMILES string of the molecule is Cc1ccc(F)c(C(NN)c2cnc3ccccc3c2)c1. The van der Waals surface area contributed by atoms with E-state index in [0.717, 1.165) is 22.0 Å². The van der Waals surface area contributed by atoms with Crippen molar-refractivity contribution in [1.82, 2.24) is 10.4 Å². The maximum absolute atomic E-state index is 14.1. The highest BCUT2D eigenvalue weighted by molar-refractivity contribution is 5.79. The molecule has 3 nitrogen and oxygen atoms in total. The second-order valence-corrected chi connectivity index (χ2v) is 5.09. The number of hydrogen-bond acceptors (Lipinski definition) is 3. The smallest absolute Gasteiger partial charge is 0.128 e. The van der Waals surface area contributed by atoms with Gasteiger partial charge in [-0.2, -0.15) is 0 Å². The first kappa shape index (κ1) is 13.7. The number of hydrazine groups is 1. The predicted octanol–water partition coefficient (Wildman–Crippen LogP) is 3.24. The van der Waals surface area contributed by atoms with Gasteiger partial charge in [-0.05, 0) is 30.7 Å². The molecule has 3 rings (SSSR count). The van der Waals surface area contributed by atoms with Crippen LogP contribution in [0.2, 0.25) is 0 Å². The lowest BCUT2D eigenvalue weighted by Crippen LogP contribution is -2.29. The van der Waals surface area contributed by atoms with Gasteiger partial charge < -0.3 is 0 Å². The van der Waals surface area contributed by atoms with Crippen molar-refractivity contribution in [2.75, 3.05) is 0 Å². The van der Waals surface area contributed by atoms with E-state index >= 15 is 0 Å². The first-order valence-electron chi connectivity index (χ1n) is 6.76. The van der Waals surface area contributed by atoms with Crippen LogP contribution in [0.5, 0.6) is 0 Å². The van der Waals surface area contributed by atoms with Crippen LogP contribution in [0.4, 0.5) is 4.39 Å². The minimum absolute atomic E-state index is 0.281. The lowest BCUT2D eigenvalue weighted by atomic mass is 9.97. The average Bonchev–Trinajstić information content (AvgIpc) is 2.51. The van der Waals surface area contributed by atoms with Crippen LogP contribution in [0.1, 0.15) is 22.7 Å². The fourth-order valence-electron chi connectivity index (χ4n) is 2.50. The third kappa shape index (κ3) is 2.63. The van der Waals surface area contributed by atoms with Gasteiger partial charge in [-0.15, -0.1) is 0 Å². The molecule has 0 aliphatic carbocycles. The van der Waals surface area contributed by atoms with Crippen molar-refractivity contribution in [3.05, 3.63) is 77.2 Å². The molecule has 21 heavy (non-hydrogen) atoms. The Kier molecular flexibility index (Phi) is 3.64. The van der Waals surface area contributed by atoms with Crippen molar-refractivity contribution in [1.29, 1.82) is 0 Å². The average molecular weight is 281 g/mol. The number of halogens is 1. The van der Waals surface area contributed by atoms with Crippen molar-refractivity contribution >= 4 is 10.9 Å². The Morgan fingerprint density at radius 3 is 2.76 bits per heavy atom. The lowest BCUT2D eigenvalue weighted by Gasteiger charge is -2.18. The quantitative estimate of drug-likeness (QED) is 0.572. The molecule has 0 aliphatic heterocycles. The minimum atomic E-state index is -0.429. The number of pyridine rings is 1. The van der Waals surface area contributed by atoms with E-state index in [-0.39, 0.29) is 5.82 Å². The van der Waals surface area contributed by atoms with Crippen molar-refractivity contribution in [2.24, 2.45) is 5.84 Å². The zero-order valence-electron chi connectivity index (χ0n) is 11.7. The second kappa shape index (κ2) is 5.60. The number of nitrogens with one attached hydrogen (secondary N) is 1. The standard InChI is InChI=1S/C17H16FN3/c1-11-6-7-15(18)14(8-11)17(21-19)13-9-12-4-2-3-5-16(12)20-10-13/h2-10,17,21H,19H2,1H3. The Morgan fingerprint density at radius 2 is 1.95 bits per heavy atom. The van der Waals surface area contributed by atoms with E-state index in [2.05, 4.69) is 10.4 Å². The molecule has 0 aliphatic rings. The van der Waals surface area contributed by atoms with Gasteiger partial charge in [0, 0.05) is 17.1 Å². The molecule has 4 heteroatoms. The Hall–Kier alpha value is -2.30. The van der Waals surface area contributed by atoms with Gasteiger partial charge in [-0.1, -0.05) is 35.9 Å². The Morgan fingerprint density at radius 1 is 1.14 bits per heavy atom. The predicted molar refractivity (Wildman–Crippen MR) is 82.0 cm³/mol. The maximum atomic E-state index is 14.1. The summed E-state index contributed by atoms with van der Waals surface area (Å²) in [6, 6.07) is 14.4. The zero-order valence-corrected chi connectivity index (χ0v) is 11.7. The molecule has 0 spiro atoms. The molecule has 1 aromatic heterocycles. The fourth-order valence-corrected chi connectivity index (χ4v) is 2.50. The van der Waals surface area contributed by atoms with E-state index < -0.39 is 6.04 Å². The van der Waals surface area contributed by atoms with Gasteiger partial charge >= 0.3 is 0 Å². The molecule has 0 amide bonds. The number of aromatic nitrogens is 1. The molecule has 0 bridgehead atoms. The van der Waals surface area contributed by atoms with E-state index in [1.165, 1.54) is 6.07 Å². The van der Waals surface area contributed by atoms with E-state index in [1.54, 1.807) is 18.3 Å². The van der Waals surface area contributed by atoms with E-state index in [4.69, 9.17) is 5.84 Å². The number of benzene rings is 2. The summed E-state index contributed by atoms with van der Waals surface area (Å²) in [5, 5.41) is 1.00.